The van der Waals surface area contributed by atoms with Crippen LogP contribution in [0.5, 0.6) is 5.88 Å². The van der Waals surface area contributed by atoms with Crippen molar-refractivity contribution in [3.63, 3.8) is 0 Å². The second-order valence-electron chi connectivity index (χ2n) is 3.14. The normalized spacial score (nSPS) is 10.7. The van der Waals surface area contributed by atoms with E-state index in [1.807, 2.05) is 0 Å². The number of fused-ring (bicyclic) bond motifs is 1. The average molecular weight is 243 g/mol. The zero-order chi connectivity index (χ0) is 11.7. The first kappa shape index (κ1) is 10.9. The number of nitrogens with zero attached hydrogens (tertiary/aromatic N) is 1. The van der Waals surface area contributed by atoms with E-state index in [0.29, 0.717) is 11.1 Å². The van der Waals surface area contributed by atoms with Gasteiger partial charge in [-0.3, -0.25) is 4.79 Å². The lowest BCUT2D eigenvalue weighted by Crippen LogP contribution is -2.12. The maximum atomic E-state index is 13.7. The molecule has 0 amide bonds. The van der Waals surface area contributed by atoms with Crippen molar-refractivity contribution in [2.45, 2.75) is 5.88 Å². The summed E-state index contributed by atoms with van der Waals surface area (Å²) >= 11 is 5.55. The number of aromatic amines is 1. The molecule has 1 heterocycles. The van der Waals surface area contributed by atoms with E-state index in [0.717, 1.165) is 0 Å². The molecule has 0 saturated heterocycles. The van der Waals surface area contributed by atoms with Crippen LogP contribution in [0.4, 0.5) is 4.39 Å². The predicted molar refractivity (Wildman–Crippen MR) is 58.4 cm³/mol. The van der Waals surface area contributed by atoms with E-state index in [2.05, 4.69) is 9.97 Å². The Bertz CT molecular complexity index is 597. The Morgan fingerprint density at radius 3 is 2.94 bits per heavy atom. The number of benzene rings is 1. The number of methoxy groups -OCH3 is 1. The Hall–Kier alpha value is -1.62. The van der Waals surface area contributed by atoms with Gasteiger partial charge in [-0.2, -0.15) is 0 Å². The number of nitrogens with one attached hydrogen (secondary N) is 1. The van der Waals surface area contributed by atoms with Crippen molar-refractivity contribution < 1.29 is 9.13 Å². The Kier molecular flexibility index (Phi) is 2.78. The fourth-order valence-electron chi connectivity index (χ4n) is 1.39. The third-order valence-corrected chi connectivity index (χ3v) is 2.48. The van der Waals surface area contributed by atoms with Crippen molar-refractivity contribution in [1.29, 1.82) is 0 Å². The van der Waals surface area contributed by atoms with Crippen LogP contribution in [0.25, 0.3) is 11.0 Å². The molecular weight excluding hydrogens is 235 g/mol. The SMILES string of the molecule is COc1nc2ccc(CCl)c(F)c2[nH]c1=O. The van der Waals surface area contributed by atoms with E-state index in [-0.39, 0.29) is 17.3 Å². The molecule has 16 heavy (non-hydrogen) atoms. The first-order valence-electron chi connectivity index (χ1n) is 4.48. The third-order valence-electron chi connectivity index (χ3n) is 2.19. The lowest BCUT2D eigenvalue weighted by molar-refractivity contribution is 0.393. The average Bonchev–Trinajstić information content (AvgIpc) is 2.30. The molecule has 0 aliphatic rings. The van der Waals surface area contributed by atoms with E-state index in [9.17, 15) is 9.18 Å². The van der Waals surface area contributed by atoms with Crippen LogP contribution in [0, 0.1) is 5.82 Å². The van der Waals surface area contributed by atoms with Gasteiger partial charge in [0.25, 0.3) is 5.88 Å². The van der Waals surface area contributed by atoms with Crippen molar-refractivity contribution in [3.8, 4) is 5.88 Å². The standard InChI is InChI=1S/C10H8ClFN2O2/c1-16-10-9(15)14-8-6(13-10)3-2-5(4-11)7(8)12/h2-3H,4H2,1H3,(H,14,15). The molecule has 0 spiro atoms. The Morgan fingerprint density at radius 2 is 2.31 bits per heavy atom. The summed E-state index contributed by atoms with van der Waals surface area (Å²) in [5.74, 6) is -0.610. The summed E-state index contributed by atoms with van der Waals surface area (Å²) in [4.78, 5) is 17.6. The van der Waals surface area contributed by atoms with Gasteiger partial charge in [-0.25, -0.2) is 9.37 Å². The molecule has 0 unspecified atom stereocenters. The van der Waals surface area contributed by atoms with Gasteiger partial charge in [0.15, 0.2) is 5.82 Å². The monoisotopic (exact) mass is 242 g/mol. The van der Waals surface area contributed by atoms with E-state index < -0.39 is 11.4 Å². The topological polar surface area (TPSA) is 55.0 Å². The van der Waals surface area contributed by atoms with Gasteiger partial charge in [0.2, 0.25) is 0 Å². The van der Waals surface area contributed by atoms with Gasteiger partial charge in [0.05, 0.1) is 18.5 Å². The minimum absolute atomic E-state index is 0.0375. The van der Waals surface area contributed by atoms with Gasteiger partial charge in [-0.1, -0.05) is 6.07 Å². The fraction of sp³-hybridized carbons (Fsp3) is 0.200. The Balaban J connectivity index is 2.81. The van der Waals surface area contributed by atoms with Crippen LogP contribution in [-0.4, -0.2) is 17.1 Å². The second-order valence-corrected chi connectivity index (χ2v) is 3.41. The lowest BCUT2D eigenvalue weighted by Gasteiger charge is -2.04. The van der Waals surface area contributed by atoms with Crippen LogP contribution in [-0.2, 0) is 5.88 Å². The van der Waals surface area contributed by atoms with E-state index in [1.54, 1.807) is 6.07 Å². The van der Waals surface area contributed by atoms with Crippen LogP contribution in [0.1, 0.15) is 5.56 Å². The molecule has 2 rings (SSSR count). The summed E-state index contributed by atoms with van der Waals surface area (Å²) in [5, 5.41) is 0. The molecular formula is C10H8ClFN2O2. The molecule has 6 heteroatoms. The third kappa shape index (κ3) is 1.63. The highest BCUT2D eigenvalue weighted by atomic mass is 35.5. The first-order valence-corrected chi connectivity index (χ1v) is 5.02. The molecule has 0 bridgehead atoms. The van der Waals surface area contributed by atoms with Crippen molar-refractivity contribution in [3.05, 3.63) is 33.9 Å². The van der Waals surface area contributed by atoms with E-state index in [1.165, 1.54) is 13.2 Å². The number of aromatic nitrogens is 2. The Morgan fingerprint density at radius 1 is 1.56 bits per heavy atom. The molecule has 0 fully saturated rings. The molecule has 0 atom stereocenters. The summed E-state index contributed by atoms with van der Waals surface area (Å²) < 4.78 is 18.5. The smallest absolute Gasteiger partial charge is 0.311 e. The van der Waals surface area contributed by atoms with Gasteiger partial charge in [0.1, 0.15) is 5.52 Å². The number of ether oxygens (including phenoxy) is 1. The minimum atomic E-state index is -0.569. The maximum absolute atomic E-state index is 13.7. The predicted octanol–water partition coefficient (Wildman–Crippen LogP) is 1.81. The summed E-state index contributed by atoms with van der Waals surface area (Å²) in [6, 6.07) is 3.10. The quantitative estimate of drug-likeness (QED) is 0.817. The number of hydrogen-bond donors (Lipinski definition) is 1. The summed E-state index contributed by atoms with van der Waals surface area (Å²) in [6.07, 6.45) is 0. The number of alkyl halides is 1. The van der Waals surface area contributed by atoms with E-state index in [4.69, 9.17) is 16.3 Å². The number of hydrogen-bond acceptors (Lipinski definition) is 3. The fourth-order valence-corrected chi connectivity index (χ4v) is 1.60. The molecule has 0 aliphatic carbocycles. The number of halogens is 2. The van der Waals surface area contributed by atoms with Crippen molar-refractivity contribution in [1.82, 2.24) is 9.97 Å². The number of H-pyrrole nitrogens is 1. The van der Waals surface area contributed by atoms with Gasteiger partial charge in [0, 0.05) is 5.56 Å². The molecule has 1 N–H and O–H groups in total. The van der Waals surface area contributed by atoms with Gasteiger partial charge < -0.3 is 9.72 Å². The first-order chi connectivity index (χ1) is 7.67. The molecule has 0 aliphatic heterocycles. The van der Waals surface area contributed by atoms with Crippen molar-refractivity contribution in [2.75, 3.05) is 7.11 Å². The molecule has 1 aromatic carbocycles. The number of rotatable bonds is 2. The summed E-state index contributed by atoms with van der Waals surface area (Å²) in [7, 11) is 1.33. The zero-order valence-corrected chi connectivity index (χ0v) is 9.14. The highest BCUT2D eigenvalue weighted by Gasteiger charge is 2.11. The maximum Gasteiger partial charge on any atom is 0.311 e. The molecule has 1 aromatic heterocycles. The highest BCUT2D eigenvalue weighted by molar-refractivity contribution is 6.17. The minimum Gasteiger partial charge on any atom is -0.477 e. The van der Waals surface area contributed by atoms with Gasteiger partial charge in [-0.05, 0) is 6.07 Å². The molecule has 2 aromatic rings. The zero-order valence-electron chi connectivity index (χ0n) is 8.38. The van der Waals surface area contributed by atoms with Gasteiger partial charge >= 0.3 is 5.56 Å². The van der Waals surface area contributed by atoms with Crippen molar-refractivity contribution >= 4 is 22.6 Å². The van der Waals surface area contributed by atoms with Crippen LogP contribution >= 0.6 is 11.6 Å². The van der Waals surface area contributed by atoms with Crippen LogP contribution in [0.3, 0.4) is 0 Å². The largest absolute Gasteiger partial charge is 0.477 e. The van der Waals surface area contributed by atoms with Crippen LogP contribution in [0.2, 0.25) is 0 Å². The van der Waals surface area contributed by atoms with Crippen LogP contribution in [0.15, 0.2) is 16.9 Å². The van der Waals surface area contributed by atoms with Gasteiger partial charge in [-0.15, -0.1) is 11.6 Å². The Labute approximate surface area is 95.0 Å². The van der Waals surface area contributed by atoms with Crippen LogP contribution < -0.4 is 10.3 Å². The summed E-state index contributed by atoms with van der Waals surface area (Å²) in [5.41, 5.74) is 0.115. The second kappa shape index (κ2) is 4.09. The highest BCUT2D eigenvalue weighted by Crippen LogP contribution is 2.19. The molecule has 84 valence electrons. The molecule has 0 saturated carbocycles. The lowest BCUT2D eigenvalue weighted by atomic mass is 10.2. The molecule has 0 radical (unpaired) electrons. The van der Waals surface area contributed by atoms with E-state index >= 15 is 0 Å². The van der Waals surface area contributed by atoms with Crippen molar-refractivity contribution in [2.24, 2.45) is 0 Å². The molecule has 4 nitrogen and oxygen atoms in total. The summed E-state index contributed by atoms with van der Waals surface area (Å²) in [6.45, 7) is 0.